The van der Waals surface area contributed by atoms with Crippen molar-refractivity contribution in [3.05, 3.63) is 46.8 Å². The summed E-state index contributed by atoms with van der Waals surface area (Å²) in [5, 5.41) is 7.89. The Hall–Kier alpha value is -1.77. The molecule has 0 spiro atoms. The first-order valence-electron chi connectivity index (χ1n) is 6.82. The van der Waals surface area contributed by atoms with Crippen LogP contribution < -0.4 is 5.32 Å². The lowest BCUT2D eigenvalue weighted by atomic mass is 10.1. The molecule has 102 valence electrons. The van der Waals surface area contributed by atoms with E-state index in [0.29, 0.717) is 6.04 Å². The van der Waals surface area contributed by atoms with Gasteiger partial charge < -0.3 is 5.32 Å². The standard InChI is InChI=1S/C16H23N3/c1-11(2)19-10-15(9-18-19)8-17-16-13(4)6-12(3)7-14(16)5/h6-7,9-11,17H,8H2,1-5H3. The SMILES string of the molecule is Cc1cc(C)c(NCc2cnn(C(C)C)c2)c(C)c1. The van der Waals surface area contributed by atoms with Crippen molar-refractivity contribution in [2.45, 2.75) is 47.2 Å². The number of benzene rings is 1. The monoisotopic (exact) mass is 257 g/mol. The minimum Gasteiger partial charge on any atom is -0.380 e. The van der Waals surface area contributed by atoms with Crippen LogP contribution in [0.25, 0.3) is 0 Å². The van der Waals surface area contributed by atoms with E-state index in [9.17, 15) is 0 Å². The number of hydrogen-bond donors (Lipinski definition) is 1. The molecular formula is C16H23N3. The molecule has 2 aromatic rings. The summed E-state index contributed by atoms with van der Waals surface area (Å²) in [7, 11) is 0. The minimum atomic E-state index is 0.414. The van der Waals surface area contributed by atoms with Crippen molar-refractivity contribution in [3.8, 4) is 0 Å². The largest absolute Gasteiger partial charge is 0.380 e. The molecule has 0 fully saturated rings. The summed E-state index contributed by atoms with van der Waals surface area (Å²) in [5.41, 5.74) is 6.37. The first-order chi connectivity index (χ1) is 8.97. The molecule has 0 amide bonds. The number of rotatable bonds is 4. The van der Waals surface area contributed by atoms with Crippen molar-refractivity contribution in [2.75, 3.05) is 5.32 Å². The topological polar surface area (TPSA) is 29.9 Å². The van der Waals surface area contributed by atoms with E-state index in [4.69, 9.17) is 0 Å². The number of anilines is 1. The fourth-order valence-electron chi connectivity index (χ4n) is 2.40. The van der Waals surface area contributed by atoms with Gasteiger partial charge in [0.2, 0.25) is 0 Å². The molecule has 1 N–H and O–H groups in total. The van der Waals surface area contributed by atoms with Crippen molar-refractivity contribution in [2.24, 2.45) is 0 Å². The molecule has 0 aliphatic heterocycles. The van der Waals surface area contributed by atoms with E-state index in [1.165, 1.54) is 27.9 Å². The van der Waals surface area contributed by atoms with E-state index in [-0.39, 0.29) is 0 Å². The number of hydrogen-bond acceptors (Lipinski definition) is 2. The molecule has 1 heterocycles. The zero-order chi connectivity index (χ0) is 14.0. The van der Waals surface area contributed by atoms with Gasteiger partial charge in [0, 0.05) is 30.0 Å². The predicted octanol–water partition coefficient (Wildman–Crippen LogP) is 4.00. The fourth-order valence-corrected chi connectivity index (χ4v) is 2.40. The molecule has 3 heteroatoms. The lowest BCUT2D eigenvalue weighted by molar-refractivity contribution is 0.532. The Labute approximate surface area is 115 Å². The number of aryl methyl sites for hydroxylation is 3. The average molecular weight is 257 g/mol. The van der Waals surface area contributed by atoms with Gasteiger partial charge in [-0.1, -0.05) is 17.7 Å². The van der Waals surface area contributed by atoms with Crippen LogP contribution in [-0.4, -0.2) is 9.78 Å². The van der Waals surface area contributed by atoms with Crippen LogP contribution in [0.15, 0.2) is 24.5 Å². The van der Waals surface area contributed by atoms with E-state index >= 15 is 0 Å². The molecule has 0 radical (unpaired) electrons. The lowest BCUT2D eigenvalue weighted by Crippen LogP contribution is -2.03. The minimum absolute atomic E-state index is 0.414. The molecule has 0 atom stereocenters. The van der Waals surface area contributed by atoms with Crippen LogP contribution in [0, 0.1) is 20.8 Å². The highest BCUT2D eigenvalue weighted by Crippen LogP contribution is 2.22. The number of nitrogens with one attached hydrogen (secondary N) is 1. The van der Waals surface area contributed by atoms with E-state index in [2.05, 4.69) is 63.4 Å². The molecule has 0 bridgehead atoms. The number of nitrogens with zero attached hydrogens (tertiary/aromatic N) is 2. The van der Waals surface area contributed by atoms with Crippen LogP contribution in [0.5, 0.6) is 0 Å². The van der Waals surface area contributed by atoms with Crippen LogP contribution in [0.2, 0.25) is 0 Å². The van der Waals surface area contributed by atoms with Gasteiger partial charge in [0.05, 0.1) is 6.20 Å². The first-order valence-corrected chi connectivity index (χ1v) is 6.82. The second-order valence-electron chi connectivity index (χ2n) is 5.55. The Balaban J connectivity index is 2.10. The Bertz CT molecular complexity index is 544. The summed E-state index contributed by atoms with van der Waals surface area (Å²) in [5.74, 6) is 0. The Morgan fingerprint density at radius 1 is 1.16 bits per heavy atom. The van der Waals surface area contributed by atoms with Gasteiger partial charge >= 0.3 is 0 Å². The van der Waals surface area contributed by atoms with Crippen LogP contribution in [-0.2, 0) is 6.54 Å². The van der Waals surface area contributed by atoms with Crippen molar-refractivity contribution >= 4 is 5.69 Å². The van der Waals surface area contributed by atoms with Crippen molar-refractivity contribution in [3.63, 3.8) is 0 Å². The van der Waals surface area contributed by atoms with E-state index in [0.717, 1.165) is 6.54 Å². The van der Waals surface area contributed by atoms with Gasteiger partial charge in [-0.3, -0.25) is 4.68 Å². The van der Waals surface area contributed by atoms with Gasteiger partial charge in [-0.05, 0) is 45.7 Å². The van der Waals surface area contributed by atoms with E-state index < -0.39 is 0 Å². The van der Waals surface area contributed by atoms with Gasteiger partial charge in [0.1, 0.15) is 0 Å². The van der Waals surface area contributed by atoms with Gasteiger partial charge in [0.15, 0.2) is 0 Å². The molecule has 0 saturated carbocycles. The van der Waals surface area contributed by atoms with E-state index in [1.54, 1.807) is 0 Å². The van der Waals surface area contributed by atoms with Crippen molar-refractivity contribution in [1.82, 2.24) is 9.78 Å². The number of aromatic nitrogens is 2. The van der Waals surface area contributed by atoms with Gasteiger partial charge in [-0.25, -0.2) is 0 Å². The zero-order valence-electron chi connectivity index (χ0n) is 12.5. The normalized spacial score (nSPS) is 11.1. The molecule has 0 saturated heterocycles. The second-order valence-corrected chi connectivity index (χ2v) is 5.55. The highest BCUT2D eigenvalue weighted by atomic mass is 15.3. The maximum Gasteiger partial charge on any atom is 0.0539 e. The quantitative estimate of drug-likeness (QED) is 0.897. The zero-order valence-corrected chi connectivity index (χ0v) is 12.5. The lowest BCUT2D eigenvalue weighted by Gasteiger charge is -2.13. The van der Waals surface area contributed by atoms with Crippen LogP contribution in [0.4, 0.5) is 5.69 Å². The van der Waals surface area contributed by atoms with Crippen LogP contribution in [0.1, 0.15) is 42.1 Å². The molecule has 0 aliphatic carbocycles. The van der Waals surface area contributed by atoms with Crippen molar-refractivity contribution < 1.29 is 0 Å². The maximum atomic E-state index is 4.36. The highest BCUT2D eigenvalue weighted by molar-refractivity contribution is 5.58. The summed E-state index contributed by atoms with van der Waals surface area (Å²) < 4.78 is 1.99. The summed E-state index contributed by atoms with van der Waals surface area (Å²) in [6.45, 7) is 11.5. The van der Waals surface area contributed by atoms with E-state index in [1.807, 2.05) is 10.9 Å². The molecule has 2 rings (SSSR count). The van der Waals surface area contributed by atoms with Gasteiger partial charge in [-0.2, -0.15) is 5.10 Å². The molecule has 0 unspecified atom stereocenters. The first kappa shape index (κ1) is 13.7. The third kappa shape index (κ3) is 3.16. The summed E-state index contributed by atoms with van der Waals surface area (Å²) in [6.07, 6.45) is 4.04. The predicted molar refractivity (Wildman–Crippen MR) is 80.6 cm³/mol. The van der Waals surface area contributed by atoms with Crippen LogP contribution in [0.3, 0.4) is 0 Å². The van der Waals surface area contributed by atoms with Crippen molar-refractivity contribution in [1.29, 1.82) is 0 Å². The maximum absolute atomic E-state index is 4.36. The molecule has 19 heavy (non-hydrogen) atoms. The molecule has 1 aromatic heterocycles. The van der Waals surface area contributed by atoms with Crippen LogP contribution >= 0.6 is 0 Å². The summed E-state index contributed by atoms with van der Waals surface area (Å²) in [6, 6.07) is 4.84. The Kier molecular flexibility index (Phi) is 3.93. The second kappa shape index (κ2) is 5.47. The smallest absolute Gasteiger partial charge is 0.0539 e. The van der Waals surface area contributed by atoms with Gasteiger partial charge in [-0.15, -0.1) is 0 Å². The highest BCUT2D eigenvalue weighted by Gasteiger charge is 2.05. The molecule has 1 aromatic carbocycles. The summed E-state index contributed by atoms with van der Waals surface area (Å²) >= 11 is 0. The van der Waals surface area contributed by atoms with Gasteiger partial charge in [0.25, 0.3) is 0 Å². The third-order valence-corrected chi connectivity index (χ3v) is 3.33. The molecule has 0 aliphatic rings. The molecule has 3 nitrogen and oxygen atoms in total. The Morgan fingerprint density at radius 2 is 1.79 bits per heavy atom. The fraction of sp³-hybridized carbons (Fsp3) is 0.438. The molecular weight excluding hydrogens is 234 g/mol. The average Bonchev–Trinajstić information content (AvgIpc) is 2.76. The summed E-state index contributed by atoms with van der Waals surface area (Å²) in [4.78, 5) is 0. The third-order valence-electron chi connectivity index (χ3n) is 3.33. The Morgan fingerprint density at radius 3 is 2.32 bits per heavy atom.